The quantitative estimate of drug-likeness (QED) is 0.831. The van der Waals surface area contributed by atoms with Gasteiger partial charge in [0.2, 0.25) is 5.91 Å². The van der Waals surface area contributed by atoms with Crippen LogP contribution in [0.3, 0.4) is 0 Å². The first kappa shape index (κ1) is 17.1. The van der Waals surface area contributed by atoms with Crippen molar-refractivity contribution in [2.75, 3.05) is 38.1 Å². The molecule has 3 aliphatic rings. The SMILES string of the molecule is CN1C(=O)C(CC(=O)N2CCN(c3ccccn3)CC2)=C2CCCCC21. The van der Waals surface area contributed by atoms with Crippen LogP contribution < -0.4 is 4.90 Å². The van der Waals surface area contributed by atoms with Gasteiger partial charge in [-0.3, -0.25) is 9.59 Å². The van der Waals surface area contributed by atoms with E-state index < -0.39 is 0 Å². The van der Waals surface area contributed by atoms with Crippen LogP contribution in [0.4, 0.5) is 5.82 Å². The Hall–Kier alpha value is -2.37. The molecule has 3 heterocycles. The topological polar surface area (TPSA) is 56.8 Å². The average Bonchev–Trinajstić information content (AvgIpc) is 2.94. The van der Waals surface area contributed by atoms with Crippen LogP contribution in [0.1, 0.15) is 32.1 Å². The molecule has 6 heteroatoms. The van der Waals surface area contributed by atoms with Gasteiger partial charge in [0.1, 0.15) is 5.82 Å². The average molecular weight is 354 g/mol. The number of anilines is 1. The minimum Gasteiger partial charge on any atom is -0.353 e. The van der Waals surface area contributed by atoms with Gasteiger partial charge in [0.05, 0.1) is 12.5 Å². The molecule has 1 aromatic rings. The van der Waals surface area contributed by atoms with Crippen LogP contribution in [0.15, 0.2) is 35.5 Å². The summed E-state index contributed by atoms with van der Waals surface area (Å²) in [7, 11) is 1.88. The molecular weight excluding hydrogens is 328 g/mol. The Bertz CT molecular complexity index is 723. The number of fused-ring (bicyclic) bond motifs is 1. The van der Waals surface area contributed by atoms with E-state index in [-0.39, 0.29) is 24.3 Å². The molecule has 4 rings (SSSR count). The van der Waals surface area contributed by atoms with Gasteiger partial charge < -0.3 is 14.7 Å². The Morgan fingerprint density at radius 3 is 2.73 bits per heavy atom. The Balaban J connectivity index is 1.39. The molecular formula is C20H26N4O2. The van der Waals surface area contributed by atoms with Crippen LogP contribution in [0, 0.1) is 0 Å². The lowest BCUT2D eigenvalue weighted by Gasteiger charge is -2.35. The summed E-state index contributed by atoms with van der Waals surface area (Å²) in [6.45, 7) is 2.94. The Kier molecular flexibility index (Phi) is 4.66. The van der Waals surface area contributed by atoms with Gasteiger partial charge in [0.15, 0.2) is 0 Å². The third-order valence-corrected chi connectivity index (χ3v) is 5.94. The van der Waals surface area contributed by atoms with Gasteiger partial charge in [-0.05, 0) is 37.0 Å². The molecule has 2 fully saturated rings. The Morgan fingerprint density at radius 2 is 2.00 bits per heavy atom. The maximum Gasteiger partial charge on any atom is 0.250 e. The van der Waals surface area contributed by atoms with Crippen molar-refractivity contribution in [2.24, 2.45) is 0 Å². The van der Waals surface area contributed by atoms with Crippen LogP contribution in [0.5, 0.6) is 0 Å². The summed E-state index contributed by atoms with van der Waals surface area (Å²) in [6.07, 6.45) is 6.37. The molecule has 1 aliphatic carbocycles. The van der Waals surface area contributed by atoms with Gasteiger partial charge >= 0.3 is 0 Å². The zero-order valence-electron chi connectivity index (χ0n) is 15.4. The number of carbonyl (C=O) groups is 2. The minimum absolute atomic E-state index is 0.0624. The second kappa shape index (κ2) is 7.09. The number of amides is 2. The van der Waals surface area contributed by atoms with Gasteiger partial charge in [0, 0.05) is 45.0 Å². The predicted octanol–water partition coefficient (Wildman–Crippen LogP) is 1.83. The van der Waals surface area contributed by atoms with Gasteiger partial charge in [-0.25, -0.2) is 4.98 Å². The number of likely N-dealkylation sites (N-methyl/N-ethyl adjacent to an activating group) is 1. The molecule has 1 aromatic heterocycles. The van der Waals surface area contributed by atoms with Crippen molar-refractivity contribution in [3.63, 3.8) is 0 Å². The smallest absolute Gasteiger partial charge is 0.250 e. The molecule has 0 spiro atoms. The Labute approximate surface area is 154 Å². The number of aromatic nitrogens is 1. The molecule has 2 amide bonds. The number of pyridine rings is 1. The highest BCUT2D eigenvalue weighted by Gasteiger charge is 2.38. The van der Waals surface area contributed by atoms with Crippen molar-refractivity contribution in [1.29, 1.82) is 0 Å². The van der Waals surface area contributed by atoms with Crippen molar-refractivity contribution in [3.8, 4) is 0 Å². The second-order valence-corrected chi connectivity index (χ2v) is 7.41. The fraction of sp³-hybridized carbons (Fsp3) is 0.550. The minimum atomic E-state index is 0.0624. The van der Waals surface area contributed by atoms with E-state index in [1.165, 1.54) is 12.0 Å². The van der Waals surface area contributed by atoms with E-state index >= 15 is 0 Å². The number of rotatable bonds is 3. The number of piperazine rings is 1. The van der Waals surface area contributed by atoms with Crippen molar-refractivity contribution >= 4 is 17.6 Å². The molecule has 6 nitrogen and oxygen atoms in total. The lowest BCUT2D eigenvalue weighted by Crippen LogP contribution is -2.49. The highest BCUT2D eigenvalue weighted by molar-refractivity contribution is 6.02. The fourth-order valence-electron chi connectivity index (χ4n) is 4.44. The van der Waals surface area contributed by atoms with E-state index in [1.54, 1.807) is 6.20 Å². The van der Waals surface area contributed by atoms with Gasteiger partial charge in [-0.1, -0.05) is 12.5 Å². The maximum absolute atomic E-state index is 12.8. The zero-order valence-corrected chi connectivity index (χ0v) is 15.4. The molecule has 0 N–H and O–H groups in total. The maximum atomic E-state index is 12.8. The largest absolute Gasteiger partial charge is 0.353 e. The summed E-state index contributed by atoms with van der Waals surface area (Å²) < 4.78 is 0. The van der Waals surface area contributed by atoms with Gasteiger partial charge in [0.25, 0.3) is 5.91 Å². The monoisotopic (exact) mass is 354 g/mol. The second-order valence-electron chi connectivity index (χ2n) is 7.41. The van der Waals surface area contributed by atoms with Crippen molar-refractivity contribution < 1.29 is 9.59 Å². The normalized spacial score (nSPS) is 23.5. The Morgan fingerprint density at radius 1 is 1.19 bits per heavy atom. The summed E-state index contributed by atoms with van der Waals surface area (Å²) in [4.78, 5) is 35.8. The molecule has 138 valence electrons. The number of carbonyl (C=O) groups excluding carboxylic acids is 2. The molecule has 26 heavy (non-hydrogen) atoms. The summed E-state index contributed by atoms with van der Waals surface area (Å²) in [5, 5.41) is 0. The summed E-state index contributed by atoms with van der Waals surface area (Å²) >= 11 is 0. The lowest BCUT2D eigenvalue weighted by atomic mass is 9.88. The van der Waals surface area contributed by atoms with E-state index in [4.69, 9.17) is 0 Å². The van der Waals surface area contributed by atoms with Crippen molar-refractivity contribution in [2.45, 2.75) is 38.1 Å². The molecule has 1 saturated heterocycles. The first-order valence-corrected chi connectivity index (χ1v) is 9.58. The summed E-state index contributed by atoms with van der Waals surface area (Å²) in [5.74, 6) is 1.11. The first-order valence-electron chi connectivity index (χ1n) is 9.58. The van der Waals surface area contributed by atoms with Gasteiger partial charge in [-0.2, -0.15) is 0 Å². The zero-order chi connectivity index (χ0) is 18.1. The molecule has 0 bridgehead atoms. The summed E-state index contributed by atoms with van der Waals surface area (Å²) in [5.41, 5.74) is 2.00. The number of hydrogen-bond donors (Lipinski definition) is 0. The fourth-order valence-corrected chi connectivity index (χ4v) is 4.44. The van der Waals surface area contributed by atoms with E-state index in [0.29, 0.717) is 13.1 Å². The highest BCUT2D eigenvalue weighted by atomic mass is 16.2. The number of nitrogens with zero attached hydrogens (tertiary/aromatic N) is 4. The van der Waals surface area contributed by atoms with E-state index in [2.05, 4.69) is 9.88 Å². The van der Waals surface area contributed by atoms with Crippen molar-refractivity contribution in [1.82, 2.24) is 14.8 Å². The van der Waals surface area contributed by atoms with Crippen LogP contribution in [-0.2, 0) is 9.59 Å². The van der Waals surface area contributed by atoms with Crippen LogP contribution in [-0.4, -0.2) is 65.9 Å². The third kappa shape index (κ3) is 3.08. The standard InChI is InChI=1S/C20H26N4O2/c1-22-17-7-3-2-6-15(17)16(20(22)26)14-19(25)24-12-10-23(11-13-24)18-8-4-5-9-21-18/h4-5,8-9,17H,2-3,6-7,10-14H2,1H3. The van der Waals surface area contributed by atoms with Crippen LogP contribution in [0.25, 0.3) is 0 Å². The molecule has 1 unspecified atom stereocenters. The van der Waals surface area contributed by atoms with E-state index in [1.807, 2.05) is 35.0 Å². The molecule has 1 saturated carbocycles. The summed E-state index contributed by atoms with van der Waals surface area (Å²) in [6, 6.07) is 6.13. The molecule has 0 radical (unpaired) electrons. The lowest BCUT2D eigenvalue weighted by molar-refractivity contribution is -0.133. The molecule has 2 aliphatic heterocycles. The predicted molar refractivity (Wildman–Crippen MR) is 99.7 cm³/mol. The molecule has 1 atom stereocenters. The third-order valence-electron chi connectivity index (χ3n) is 5.94. The van der Waals surface area contributed by atoms with Crippen LogP contribution in [0.2, 0.25) is 0 Å². The van der Waals surface area contributed by atoms with Gasteiger partial charge in [-0.15, -0.1) is 0 Å². The van der Waals surface area contributed by atoms with E-state index in [9.17, 15) is 9.59 Å². The highest BCUT2D eigenvalue weighted by Crippen LogP contribution is 2.37. The van der Waals surface area contributed by atoms with Crippen molar-refractivity contribution in [3.05, 3.63) is 35.5 Å². The number of hydrogen-bond acceptors (Lipinski definition) is 4. The van der Waals surface area contributed by atoms with Crippen LogP contribution >= 0.6 is 0 Å². The molecule has 0 aromatic carbocycles. The van der Waals surface area contributed by atoms with E-state index in [0.717, 1.165) is 43.7 Å². The first-order chi connectivity index (χ1) is 12.6.